The van der Waals surface area contributed by atoms with Crippen molar-refractivity contribution in [3.8, 4) is 0 Å². The van der Waals surface area contributed by atoms with Gasteiger partial charge in [0.15, 0.2) is 0 Å². The lowest BCUT2D eigenvalue weighted by Gasteiger charge is -2.18. The van der Waals surface area contributed by atoms with Crippen LogP contribution in [0.25, 0.3) is 0 Å². The van der Waals surface area contributed by atoms with Crippen molar-refractivity contribution in [3.05, 3.63) is 0 Å². The Labute approximate surface area is 97.3 Å². The van der Waals surface area contributed by atoms with E-state index in [0.717, 1.165) is 0 Å². The van der Waals surface area contributed by atoms with Crippen LogP contribution in [0.2, 0.25) is 0 Å². The second kappa shape index (κ2) is 7.21. The van der Waals surface area contributed by atoms with E-state index in [2.05, 4.69) is 10.6 Å². The molecule has 3 N–H and O–H groups in total. The number of hydrogen-bond acceptors (Lipinski definition) is 3. The Kier molecular flexibility index (Phi) is 6.71. The minimum atomic E-state index is -1.07. The number of aliphatic carboxylic acids is 1. The zero-order chi connectivity index (χ0) is 12.7. The van der Waals surface area contributed by atoms with E-state index in [0.29, 0.717) is 5.75 Å². The van der Waals surface area contributed by atoms with Crippen LogP contribution in [0, 0.1) is 5.92 Å². The molecule has 0 aliphatic rings. The average molecular weight is 250 g/mol. The first-order valence-corrected chi connectivity index (χ1v) is 6.64. The average Bonchev–Trinajstić information content (AvgIpc) is 2.12. The van der Waals surface area contributed by atoms with Gasteiger partial charge in [0.25, 0.3) is 0 Å². The molecule has 2 amide bonds. The van der Waals surface area contributed by atoms with E-state index >= 15 is 0 Å². The zero-order valence-corrected chi connectivity index (χ0v) is 10.5. The molecule has 94 valence electrons. The van der Waals surface area contributed by atoms with Crippen LogP contribution in [-0.4, -0.2) is 45.9 Å². The summed E-state index contributed by atoms with van der Waals surface area (Å²) >= 11 is 0. The van der Waals surface area contributed by atoms with Gasteiger partial charge in [-0.2, -0.15) is 0 Å². The Morgan fingerprint density at radius 3 is 2.31 bits per heavy atom. The van der Waals surface area contributed by atoms with E-state index in [4.69, 9.17) is 5.11 Å². The highest BCUT2D eigenvalue weighted by Crippen LogP contribution is 2.00. The Balaban J connectivity index is 4.01. The molecule has 0 spiro atoms. The van der Waals surface area contributed by atoms with Crippen molar-refractivity contribution in [3.63, 3.8) is 0 Å². The van der Waals surface area contributed by atoms with Crippen LogP contribution in [-0.2, 0) is 15.6 Å². The summed E-state index contributed by atoms with van der Waals surface area (Å²) in [4.78, 5) is 22.0. The third kappa shape index (κ3) is 6.39. The number of urea groups is 1. The highest BCUT2D eigenvalue weighted by molar-refractivity contribution is 7.84. The van der Waals surface area contributed by atoms with Crippen molar-refractivity contribution in [1.29, 1.82) is 0 Å². The number of rotatable bonds is 6. The normalized spacial score (nSPS) is 14.2. The molecule has 1 unspecified atom stereocenters. The van der Waals surface area contributed by atoms with Gasteiger partial charge in [-0.3, -0.25) is 4.21 Å². The van der Waals surface area contributed by atoms with Gasteiger partial charge in [0.1, 0.15) is 6.04 Å². The maximum atomic E-state index is 11.3. The summed E-state index contributed by atoms with van der Waals surface area (Å²) in [5.41, 5.74) is 0. The Morgan fingerprint density at radius 2 is 1.94 bits per heavy atom. The van der Waals surface area contributed by atoms with E-state index in [-0.39, 0.29) is 12.5 Å². The minimum Gasteiger partial charge on any atom is -0.480 e. The fourth-order valence-corrected chi connectivity index (χ4v) is 1.40. The third-order valence-electron chi connectivity index (χ3n) is 1.89. The van der Waals surface area contributed by atoms with Crippen LogP contribution in [0.4, 0.5) is 4.79 Å². The molecule has 0 aromatic heterocycles. The largest absolute Gasteiger partial charge is 0.480 e. The van der Waals surface area contributed by atoms with E-state index in [9.17, 15) is 13.8 Å². The minimum absolute atomic E-state index is 0.191. The van der Waals surface area contributed by atoms with Gasteiger partial charge in [0.05, 0.1) is 0 Å². The van der Waals surface area contributed by atoms with Crippen LogP contribution in [0.15, 0.2) is 0 Å². The molecule has 0 rings (SSSR count). The van der Waals surface area contributed by atoms with E-state index in [1.54, 1.807) is 13.8 Å². The van der Waals surface area contributed by atoms with Gasteiger partial charge >= 0.3 is 12.0 Å². The highest BCUT2D eigenvalue weighted by atomic mass is 32.2. The van der Waals surface area contributed by atoms with Gasteiger partial charge in [-0.25, -0.2) is 9.59 Å². The molecule has 0 aromatic rings. The molecule has 6 nitrogen and oxygen atoms in total. The number of hydrogen-bond donors (Lipinski definition) is 3. The van der Waals surface area contributed by atoms with E-state index in [1.165, 1.54) is 6.26 Å². The molecule has 0 aromatic carbocycles. The van der Waals surface area contributed by atoms with Crippen LogP contribution >= 0.6 is 0 Å². The predicted molar refractivity (Wildman–Crippen MR) is 61.7 cm³/mol. The molecule has 0 saturated heterocycles. The molecule has 0 aliphatic heterocycles. The Morgan fingerprint density at radius 1 is 1.38 bits per heavy atom. The number of carboxylic acid groups (broad SMARTS) is 1. The standard InChI is InChI=1S/C9H18N2O4S/c1-6(2)7(8(12)13)11-9(14)10-4-5-16(3)15/h6-7H,4-5H2,1-3H3,(H,12,13)(H2,10,11,14)/t7-,16?/m0/s1. The topological polar surface area (TPSA) is 95.5 Å². The maximum absolute atomic E-state index is 11.3. The summed E-state index contributed by atoms with van der Waals surface area (Å²) in [6.45, 7) is 3.68. The molecule has 0 radical (unpaired) electrons. The molecule has 0 heterocycles. The van der Waals surface area contributed by atoms with Gasteiger partial charge in [0.2, 0.25) is 0 Å². The van der Waals surface area contributed by atoms with Crippen molar-refractivity contribution in [2.45, 2.75) is 19.9 Å². The van der Waals surface area contributed by atoms with Gasteiger partial charge in [0, 0.05) is 29.4 Å². The lowest BCUT2D eigenvalue weighted by molar-refractivity contribution is -0.140. The number of nitrogens with one attached hydrogen (secondary N) is 2. The smallest absolute Gasteiger partial charge is 0.326 e. The number of carbonyl (C=O) groups is 2. The molecule has 7 heteroatoms. The van der Waals surface area contributed by atoms with Gasteiger partial charge in [-0.1, -0.05) is 13.8 Å². The van der Waals surface area contributed by atoms with Crippen molar-refractivity contribution < 1.29 is 18.9 Å². The molecule has 0 aliphatic carbocycles. The summed E-state index contributed by atoms with van der Waals surface area (Å²) < 4.78 is 10.7. The summed E-state index contributed by atoms with van der Waals surface area (Å²) in [6, 6.07) is -1.46. The van der Waals surface area contributed by atoms with Gasteiger partial charge in [-0.05, 0) is 5.92 Å². The fraction of sp³-hybridized carbons (Fsp3) is 0.778. The highest BCUT2D eigenvalue weighted by Gasteiger charge is 2.22. The van der Waals surface area contributed by atoms with Gasteiger partial charge < -0.3 is 15.7 Å². The van der Waals surface area contributed by atoms with E-state index in [1.807, 2.05) is 0 Å². The summed E-state index contributed by atoms with van der Waals surface area (Å²) in [5, 5.41) is 13.6. The zero-order valence-electron chi connectivity index (χ0n) is 9.65. The van der Waals surface area contributed by atoms with Crippen LogP contribution in [0.5, 0.6) is 0 Å². The Hall–Kier alpha value is -1.11. The quantitative estimate of drug-likeness (QED) is 0.607. The number of amides is 2. The second-order valence-electron chi connectivity index (χ2n) is 3.74. The number of carbonyl (C=O) groups excluding carboxylic acids is 1. The third-order valence-corrected chi connectivity index (χ3v) is 2.67. The molecule has 0 saturated carbocycles. The van der Waals surface area contributed by atoms with Gasteiger partial charge in [-0.15, -0.1) is 0 Å². The first-order chi connectivity index (χ1) is 7.34. The van der Waals surface area contributed by atoms with Crippen molar-refractivity contribution in [1.82, 2.24) is 10.6 Å². The number of carboxylic acids is 1. The molecule has 2 atom stereocenters. The van der Waals surface area contributed by atoms with Crippen LogP contribution in [0.3, 0.4) is 0 Å². The lowest BCUT2D eigenvalue weighted by Crippen LogP contribution is -2.49. The summed E-state index contributed by atoms with van der Waals surface area (Å²) in [6.07, 6.45) is 1.54. The lowest BCUT2D eigenvalue weighted by atomic mass is 10.1. The van der Waals surface area contributed by atoms with Crippen molar-refractivity contribution in [2.24, 2.45) is 5.92 Å². The maximum Gasteiger partial charge on any atom is 0.326 e. The van der Waals surface area contributed by atoms with Crippen LogP contribution in [0.1, 0.15) is 13.8 Å². The Bertz CT molecular complexity index is 281. The van der Waals surface area contributed by atoms with Crippen molar-refractivity contribution in [2.75, 3.05) is 18.6 Å². The SMILES string of the molecule is CC(C)[C@H](NC(=O)NCCS(C)=O)C(=O)O. The van der Waals surface area contributed by atoms with E-state index < -0.39 is 28.8 Å². The summed E-state index contributed by atoms with van der Waals surface area (Å²) in [7, 11) is -0.971. The fourth-order valence-electron chi connectivity index (χ4n) is 1.01. The first kappa shape index (κ1) is 14.9. The molecule has 0 fully saturated rings. The molecule has 0 bridgehead atoms. The molecular formula is C9H18N2O4S. The van der Waals surface area contributed by atoms with Crippen LogP contribution < -0.4 is 10.6 Å². The second-order valence-corrected chi connectivity index (χ2v) is 5.29. The molecule has 16 heavy (non-hydrogen) atoms. The predicted octanol–water partition coefficient (Wildman–Crippen LogP) is -0.227. The summed E-state index contributed by atoms with van der Waals surface area (Å²) in [5.74, 6) is -0.903. The van der Waals surface area contributed by atoms with Crippen molar-refractivity contribution >= 4 is 22.8 Å². The molecular weight excluding hydrogens is 232 g/mol. The first-order valence-electron chi connectivity index (χ1n) is 4.91. The monoisotopic (exact) mass is 250 g/mol.